The Morgan fingerprint density at radius 2 is 0.810 bits per heavy atom. The van der Waals surface area contributed by atoms with Gasteiger partial charge in [-0.15, -0.1) is 0 Å². The van der Waals surface area contributed by atoms with Crippen LogP contribution in [0.1, 0.15) is 0 Å². The first-order chi connectivity index (χ1) is 31.2. The monoisotopic (exact) mass is 803 g/mol. The lowest BCUT2D eigenvalue weighted by Crippen LogP contribution is -2.01. The average Bonchev–Trinajstić information content (AvgIpc) is 3.71. The molecule has 0 radical (unpaired) electrons. The Morgan fingerprint density at radius 3 is 1.48 bits per heavy atom. The standard InChI is InChI=1S/C58H37N5/c1-4-15-39(16-5-1)50-37-52(41-17-6-2-7-18-41)59-51-34-33-40-29-32-44(36-49(40)55(50)51)38-27-30-43(31-28-38)57-60-56(42-19-8-3-9-20-42)61-58(62-57)45-21-14-22-46(35-45)63-53-25-12-10-23-47(53)48-24-11-13-26-54(48)63/h1-37H. The van der Waals surface area contributed by atoms with Gasteiger partial charge in [-0.2, -0.15) is 0 Å². The fraction of sp³-hybridized carbons (Fsp3) is 0. The van der Waals surface area contributed by atoms with Crippen LogP contribution >= 0.6 is 0 Å². The Hall–Kier alpha value is -8.54. The third-order valence-electron chi connectivity index (χ3n) is 12.0. The lowest BCUT2D eigenvalue weighted by molar-refractivity contribution is 1.07. The predicted octanol–water partition coefficient (Wildman–Crippen LogP) is 14.7. The van der Waals surface area contributed by atoms with Crippen LogP contribution in [0, 0.1) is 0 Å². The van der Waals surface area contributed by atoms with E-state index in [0.717, 1.165) is 83.2 Å². The van der Waals surface area contributed by atoms with Crippen molar-refractivity contribution >= 4 is 43.5 Å². The first-order valence-corrected chi connectivity index (χ1v) is 21.2. The van der Waals surface area contributed by atoms with E-state index in [1.165, 1.54) is 16.2 Å². The fourth-order valence-electron chi connectivity index (χ4n) is 8.98. The maximum atomic E-state index is 5.21. The van der Waals surface area contributed by atoms with Crippen LogP contribution < -0.4 is 0 Å². The number of nitrogens with zero attached hydrogens (tertiary/aromatic N) is 5. The van der Waals surface area contributed by atoms with E-state index in [9.17, 15) is 0 Å². The molecule has 5 heteroatoms. The summed E-state index contributed by atoms with van der Waals surface area (Å²) in [6.45, 7) is 0. The van der Waals surface area contributed by atoms with E-state index < -0.39 is 0 Å². The van der Waals surface area contributed by atoms with E-state index in [2.05, 4.69) is 193 Å². The molecule has 12 rings (SSSR count). The second-order valence-corrected chi connectivity index (χ2v) is 15.9. The molecule has 63 heavy (non-hydrogen) atoms. The number of hydrogen-bond donors (Lipinski definition) is 0. The molecule has 0 aliphatic rings. The maximum absolute atomic E-state index is 5.21. The molecule has 0 spiro atoms. The third kappa shape index (κ3) is 6.51. The quantitative estimate of drug-likeness (QED) is 0.151. The molecule has 0 fully saturated rings. The van der Waals surface area contributed by atoms with Crippen LogP contribution in [0.3, 0.4) is 0 Å². The highest BCUT2D eigenvalue weighted by Crippen LogP contribution is 2.39. The van der Waals surface area contributed by atoms with E-state index in [-0.39, 0.29) is 0 Å². The molecule has 0 saturated heterocycles. The number of para-hydroxylation sites is 2. The van der Waals surface area contributed by atoms with Gasteiger partial charge in [0.2, 0.25) is 0 Å². The first-order valence-electron chi connectivity index (χ1n) is 21.2. The number of pyridine rings is 1. The van der Waals surface area contributed by atoms with Crippen molar-refractivity contribution in [3.8, 4) is 73.4 Å². The second kappa shape index (κ2) is 15.2. The van der Waals surface area contributed by atoms with Gasteiger partial charge < -0.3 is 4.57 Å². The number of rotatable bonds is 7. The average molecular weight is 804 g/mol. The van der Waals surface area contributed by atoms with Crippen LogP contribution in [-0.2, 0) is 0 Å². The fourth-order valence-corrected chi connectivity index (χ4v) is 8.98. The number of fused-ring (bicyclic) bond motifs is 6. The van der Waals surface area contributed by atoms with Crippen molar-refractivity contribution in [3.05, 3.63) is 224 Å². The molecule has 0 aliphatic heterocycles. The third-order valence-corrected chi connectivity index (χ3v) is 12.0. The molecule has 0 aliphatic carbocycles. The highest BCUT2D eigenvalue weighted by Gasteiger charge is 2.17. The van der Waals surface area contributed by atoms with Crippen LogP contribution in [0.4, 0.5) is 0 Å². The van der Waals surface area contributed by atoms with Gasteiger partial charge in [-0.1, -0.05) is 182 Å². The Kier molecular flexibility index (Phi) is 8.75. The second-order valence-electron chi connectivity index (χ2n) is 15.9. The van der Waals surface area contributed by atoms with E-state index in [4.69, 9.17) is 19.9 Å². The van der Waals surface area contributed by atoms with Gasteiger partial charge in [-0.3, -0.25) is 0 Å². The molecular formula is C58H37N5. The molecule has 9 aromatic carbocycles. The van der Waals surface area contributed by atoms with Gasteiger partial charge >= 0.3 is 0 Å². The molecule has 294 valence electrons. The lowest BCUT2D eigenvalue weighted by atomic mass is 9.92. The molecule has 0 amide bonds. The van der Waals surface area contributed by atoms with Gasteiger partial charge in [-0.25, -0.2) is 19.9 Å². The molecule has 3 aromatic heterocycles. The summed E-state index contributed by atoms with van der Waals surface area (Å²) in [5.74, 6) is 1.86. The Morgan fingerprint density at radius 1 is 0.302 bits per heavy atom. The van der Waals surface area contributed by atoms with Crippen LogP contribution in [0.5, 0.6) is 0 Å². The predicted molar refractivity (Wildman–Crippen MR) is 260 cm³/mol. The molecule has 0 atom stereocenters. The Balaban J connectivity index is 0.955. The summed E-state index contributed by atoms with van der Waals surface area (Å²) < 4.78 is 2.32. The minimum absolute atomic E-state index is 0.616. The summed E-state index contributed by atoms with van der Waals surface area (Å²) in [7, 11) is 0. The maximum Gasteiger partial charge on any atom is 0.164 e. The van der Waals surface area contributed by atoms with Crippen molar-refractivity contribution in [1.82, 2.24) is 24.5 Å². The van der Waals surface area contributed by atoms with E-state index in [1.54, 1.807) is 0 Å². The van der Waals surface area contributed by atoms with Gasteiger partial charge in [0.25, 0.3) is 0 Å². The van der Waals surface area contributed by atoms with E-state index in [1.807, 2.05) is 36.4 Å². The molecule has 5 nitrogen and oxygen atoms in total. The number of benzene rings is 9. The minimum Gasteiger partial charge on any atom is -0.309 e. The molecule has 0 bridgehead atoms. The zero-order chi connectivity index (χ0) is 41.7. The van der Waals surface area contributed by atoms with Crippen LogP contribution in [0.2, 0.25) is 0 Å². The zero-order valence-electron chi connectivity index (χ0n) is 34.1. The molecule has 12 aromatic rings. The van der Waals surface area contributed by atoms with Crippen LogP contribution in [0.15, 0.2) is 224 Å². The Bertz CT molecular complexity index is 3600. The van der Waals surface area contributed by atoms with Crippen molar-refractivity contribution in [2.75, 3.05) is 0 Å². The Labute approximate surface area is 364 Å². The smallest absolute Gasteiger partial charge is 0.164 e. The highest BCUT2D eigenvalue weighted by atomic mass is 15.0. The van der Waals surface area contributed by atoms with Crippen molar-refractivity contribution in [1.29, 1.82) is 0 Å². The lowest BCUT2D eigenvalue weighted by Gasteiger charge is -2.14. The molecule has 0 saturated carbocycles. The SMILES string of the molecule is c1ccc(-c2cc(-c3ccccc3)c3c(ccc4ccc(-c5ccc(-c6nc(-c7ccccc7)nc(-c7cccc(-n8c9ccccc9c9ccccc98)c7)n6)cc5)cc43)n2)cc1. The first kappa shape index (κ1) is 36.3. The van der Waals surface area contributed by atoms with E-state index in [0.29, 0.717) is 17.5 Å². The molecule has 3 heterocycles. The van der Waals surface area contributed by atoms with Gasteiger partial charge in [0.05, 0.1) is 22.2 Å². The summed E-state index contributed by atoms with van der Waals surface area (Å²) in [6.07, 6.45) is 0. The van der Waals surface area contributed by atoms with Gasteiger partial charge in [0, 0.05) is 44.1 Å². The summed E-state index contributed by atoms with van der Waals surface area (Å²) in [5.41, 5.74) is 13.7. The van der Waals surface area contributed by atoms with Crippen molar-refractivity contribution < 1.29 is 0 Å². The normalized spacial score (nSPS) is 11.5. The topological polar surface area (TPSA) is 56.5 Å². The number of aromatic nitrogens is 5. The molecule has 0 N–H and O–H groups in total. The van der Waals surface area contributed by atoms with Gasteiger partial charge in [-0.05, 0) is 75.5 Å². The summed E-state index contributed by atoms with van der Waals surface area (Å²) >= 11 is 0. The van der Waals surface area contributed by atoms with E-state index >= 15 is 0 Å². The zero-order valence-corrected chi connectivity index (χ0v) is 34.1. The minimum atomic E-state index is 0.616. The largest absolute Gasteiger partial charge is 0.309 e. The highest BCUT2D eigenvalue weighted by molar-refractivity contribution is 6.15. The van der Waals surface area contributed by atoms with Crippen LogP contribution in [-0.4, -0.2) is 24.5 Å². The van der Waals surface area contributed by atoms with Crippen molar-refractivity contribution in [3.63, 3.8) is 0 Å². The van der Waals surface area contributed by atoms with Gasteiger partial charge in [0.1, 0.15) is 0 Å². The number of hydrogen-bond acceptors (Lipinski definition) is 4. The molecule has 0 unspecified atom stereocenters. The van der Waals surface area contributed by atoms with Gasteiger partial charge in [0.15, 0.2) is 17.5 Å². The van der Waals surface area contributed by atoms with Crippen molar-refractivity contribution in [2.45, 2.75) is 0 Å². The summed E-state index contributed by atoms with van der Waals surface area (Å²) in [5, 5.41) is 5.92. The summed E-state index contributed by atoms with van der Waals surface area (Å²) in [6, 6.07) is 78.7. The van der Waals surface area contributed by atoms with Crippen LogP contribution in [0.25, 0.3) is 117 Å². The van der Waals surface area contributed by atoms with Crippen molar-refractivity contribution in [2.24, 2.45) is 0 Å². The summed E-state index contributed by atoms with van der Waals surface area (Å²) in [4.78, 5) is 20.5. The molecular weight excluding hydrogens is 767 g/mol.